The van der Waals surface area contributed by atoms with Crippen molar-refractivity contribution in [2.24, 2.45) is 0 Å². The van der Waals surface area contributed by atoms with Gasteiger partial charge in [-0.25, -0.2) is 0 Å². The molecule has 5 heteroatoms. The smallest absolute Gasteiger partial charge is 0.186 e. The number of aromatic nitrogens is 2. The molecule has 0 bridgehead atoms. The normalized spacial score (nSPS) is 9.83. The number of hydrogen-bond donors (Lipinski definition) is 1. The highest BCUT2D eigenvalue weighted by molar-refractivity contribution is 6.99. The van der Waals surface area contributed by atoms with Crippen LogP contribution in [-0.2, 0) is 0 Å². The van der Waals surface area contributed by atoms with Gasteiger partial charge in [-0.2, -0.15) is 8.75 Å². The van der Waals surface area contributed by atoms with E-state index >= 15 is 0 Å². The molecular formula is C7H10ClN3S. The zero-order valence-corrected chi connectivity index (χ0v) is 8.37. The highest BCUT2D eigenvalue weighted by Gasteiger charge is 2.03. The van der Waals surface area contributed by atoms with Crippen molar-refractivity contribution in [1.29, 1.82) is 0 Å². The van der Waals surface area contributed by atoms with Gasteiger partial charge in [0.25, 0.3) is 0 Å². The molecule has 3 nitrogen and oxygen atoms in total. The first-order valence-corrected chi connectivity index (χ1v) is 4.73. The van der Waals surface area contributed by atoms with E-state index in [1.165, 1.54) is 0 Å². The van der Waals surface area contributed by atoms with E-state index in [9.17, 15) is 0 Å². The van der Waals surface area contributed by atoms with Crippen molar-refractivity contribution in [2.45, 2.75) is 13.3 Å². The third-order valence-corrected chi connectivity index (χ3v) is 2.35. The summed E-state index contributed by atoms with van der Waals surface area (Å²) in [6.45, 7) is 6.62. The zero-order chi connectivity index (χ0) is 8.97. The average Bonchev–Trinajstić information content (AvgIpc) is 2.47. The second-order valence-corrected chi connectivity index (χ2v) is 3.25. The lowest BCUT2D eigenvalue weighted by Gasteiger charge is -2.02. The molecule has 0 radical (unpaired) electrons. The average molecular weight is 204 g/mol. The first-order valence-electron chi connectivity index (χ1n) is 3.62. The number of nitrogens with zero attached hydrogens (tertiary/aromatic N) is 2. The first kappa shape index (κ1) is 9.48. The van der Waals surface area contributed by atoms with Crippen molar-refractivity contribution in [3.8, 4) is 0 Å². The Morgan fingerprint density at radius 3 is 2.92 bits per heavy atom. The monoisotopic (exact) mass is 203 g/mol. The SMILES string of the molecule is C=C(CC)CNc1nsnc1Cl. The molecule has 1 heterocycles. The van der Waals surface area contributed by atoms with Gasteiger partial charge in [0, 0.05) is 6.54 Å². The maximum Gasteiger partial charge on any atom is 0.186 e. The lowest BCUT2D eigenvalue weighted by atomic mass is 10.2. The zero-order valence-electron chi connectivity index (χ0n) is 6.80. The molecule has 0 aliphatic heterocycles. The molecule has 0 aromatic carbocycles. The van der Waals surface area contributed by atoms with E-state index in [4.69, 9.17) is 11.6 Å². The van der Waals surface area contributed by atoms with Crippen LogP contribution >= 0.6 is 23.3 Å². The van der Waals surface area contributed by atoms with E-state index < -0.39 is 0 Å². The van der Waals surface area contributed by atoms with Crippen LogP contribution in [0, 0.1) is 0 Å². The molecular weight excluding hydrogens is 194 g/mol. The van der Waals surface area contributed by atoms with Crippen LogP contribution in [0.25, 0.3) is 0 Å². The molecule has 0 fully saturated rings. The Morgan fingerprint density at radius 1 is 1.67 bits per heavy atom. The summed E-state index contributed by atoms with van der Waals surface area (Å²) in [6, 6.07) is 0. The summed E-state index contributed by atoms with van der Waals surface area (Å²) in [6.07, 6.45) is 0.961. The maximum atomic E-state index is 5.71. The second kappa shape index (κ2) is 4.42. The van der Waals surface area contributed by atoms with Gasteiger partial charge in [0.2, 0.25) is 0 Å². The molecule has 0 unspecified atom stereocenters. The van der Waals surface area contributed by atoms with Gasteiger partial charge in [0.15, 0.2) is 11.0 Å². The lowest BCUT2D eigenvalue weighted by molar-refractivity contribution is 1.04. The second-order valence-electron chi connectivity index (χ2n) is 2.36. The van der Waals surface area contributed by atoms with E-state index in [2.05, 4.69) is 27.6 Å². The summed E-state index contributed by atoms with van der Waals surface area (Å²) in [5.41, 5.74) is 1.12. The van der Waals surface area contributed by atoms with Crippen LogP contribution < -0.4 is 5.32 Å². The van der Waals surface area contributed by atoms with Crippen LogP contribution in [0.3, 0.4) is 0 Å². The van der Waals surface area contributed by atoms with Gasteiger partial charge in [0.05, 0.1) is 11.7 Å². The third-order valence-electron chi connectivity index (χ3n) is 1.45. The molecule has 0 saturated carbocycles. The van der Waals surface area contributed by atoms with Gasteiger partial charge in [-0.05, 0) is 6.42 Å². The van der Waals surface area contributed by atoms with Crippen LogP contribution in [-0.4, -0.2) is 15.3 Å². The predicted molar refractivity (Wildman–Crippen MR) is 52.8 cm³/mol. The summed E-state index contributed by atoms with van der Waals surface area (Å²) in [7, 11) is 0. The van der Waals surface area contributed by atoms with Crippen LogP contribution in [0.5, 0.6) is 0 Å². The third kappa shape index (κ3) is 2.46. The number of halogens is 1. The fraction of sp³-hybridized carbons (Fsp3) is 0.429. The van der Waals surface area contributed by atoms with Crippen LogP contribution in [0.4, 0.5) is 5.82 Å². The van der Waals surface area contributed by atoms with E-state index in [1.54, 1.807) is 0 Å². The van der Waals surface area contributed by atoms with Gasteiger partial charge in [-0.1, -0.05) is 30.7 Å². The van der Waals surface area contributed by atoms with Crippen molar-refractivity contribution < 1.29 is 0 Å². The number of hydrogen-bond acceptors (Lipinski definition) is 4. The topological polar surface area (TPSA) is 37.8 Å². The lowest BCUT2D eigenvalue weighted by Crippen LogP contribution is -2.03. The highest BCUT2D eigenvalue weighted by atomic mass is 35.5. The van der Waals surface area contributed by atoms with Gasteiger partial charge >= 0.3 is 0 Å². The fourth-order valence-corrected chi connectivity index (χ4v) is 1.30. The predicted octanol–water partition coefficient (Wildman–Crippen LogP) is 2.57. The Morgan fingerprint density at radius 2 is 2.42 bits per heavy atom. The largest absolute Gasteiger partial charge is 0.363 e. The van der Waals surface area contributed by atoms with Gasteiger partial charge in [-0.15, -0.1) is 0 Å². The minimum absolute atomic E-state index is 0.434. The molecule has 0 aliphatic rings. The van der Waals surface area contributed by atoms with Gasteiger partial charge < -0.3 is 5.32 Å². The Balaban J connectivity index is 2.43. The number of anilines is 1. The van der Waals surface area contributed by atoms with Crippen molar-refractivity contribution in [2.75, 3.05) is 11.9 Å². The van der Waals surface area contributed by atoms with Crippen LogP contribution in [0.15, 0.2) is 12.2 Å². The summed E-state index contributed by atoms with van der Waals surface area (Å²) < 4.78 is 7.79. The first-order chi connectivity index (χ1) is 5.74. The molecule has 0 aliphatic carbocycles. The van der Waals surface area contributed by atoms with E-state index in [1.807, 2.05) is 0 Å². The van der Waals surface area contributed by atoms with Crippen LogP contribution in [0.2, 0.25) is 5.15 Å². The quantitative estimate of drug-likeness (QED) is 0.765. The molecule has 12 heavy (non-hydrogen) atoms. The summed E-state index contributed by atoms with van der Waals surface area (Å²) in [5, 5.41) is 3.48. The molecule has 0 spiro atoms. The number of rotatable bonds is 4. The molecule has 1 rings (SSSR count). The molecule has 1 aromatic heterocycles. The molecule has 1 N–H and O–H groups in total. The molecule has 1 aromatic rings. The van der Waals surface area contributed by atoms with E-state index in [-0.39, 0.29) is 0 Å². The van der Waals surface area contributed by atoms with Crippen LogP contribution in [0.1, 0.15) is 13.3 Å². The van der Waals surface area contributed by atoms with Crippen molar-refractivity contribution in [3.63, 3.8) is 0 Å². The minimum Gasteiger partial charge on any atom is -0.363 e. The Hall–Kier alpha value is -0.610. The molecule has 66 valence electrons. The minimum atomic E-state index is 0.434. The Labute approximate surface area is 80.8 Å². The Kier molecular flexibility index (Phi) is 3.49. The van der Waals surface area contributed by atoms with Crippen molar-refractivity contribution in [3.05, 3.63) is 17.3 Å². The maximum absolute atomic E-state index is 5.71. The van der Waals surface area contributed by atoms with Gasteiger partial charge in [0.1, 0.15) is 0 Å². The number of nitrogens with one attached hydrogen (secondary N) is 1. The van der Waals surface area contributed by atoms with Gasteiger partial charge in [-0.3, -0.25) is 0 Å². The standard InChI is InChI=1S/C7H10ClN3S/c1-3-5(2)4-9-7-6(8)10-12-11-7/h2-4H2,1H3,(H,9,11). The Bertz CT molecular complexity index is 271. The van der Waals surface area contributed by atoms with E-state index in [0.717, 1.165) is 23.7 Å². The molecule has 0 amide bonds. The van der Waals surface area contributed by atoms with Crippen molar-refractivity contribution >= 4 is 29.1 Å². The summed E-state index contributed by atoms with van der Waals surface area (Å²) in [4.78, 5) is 0. The summed E-state index contributed by atoms with van der Waals surface area (Å²) >= 11 is 6.81. The fourth-order valence-electron chi connectivity index (χ4n) is 0.617. The summed E-state index contributed by atoms with van der Waals surface area (Å²) in [5.74, 6) is 0.649. The molecule has 0 atom stereocenters. The van der Waals surface area contributed by atoms with E-state index in [0.29, 0.717) is 17.5 Å². The molecule has 0 saturated heterocycles. The van der Waals surface area contributed by atoms with Crippen molar-refractivity contribution in [1.82, 2.24) is 8.75 Å². The highest BCUT2D eigenvalue weighted by Crippen LogP contribution is 2.17.